The lowest BCUT2D eigenvalue weighted by Gasteiger charge is -2.38. The van der Waals surface area contributed by atoms with Gasteiger partial charge < -0.3 is 15.0 Å². The fraction of sp³-hybridized carbons (Fsp3) is 0.310. The molecule has 5 rings (SSSR count). The standard InChI is InChI=1S/C29H30ClN3O3/c30-24-14-12-22(13-15-24)18-32-16-6-9-23(19-32)29(35)33-20-27(36-26-11-5-4-10-25(26)33)28(34)31-17-21-7-2-1-3-8-21/h1-5,7-8,10-15,23,27H,6,9,16-20H2,(H,31,34)/t23-,27+/m0/s1. The van der Waals surface area contributed by atoms with E-state index in [0.717, 1.165) is 42.2 Å². The Hall–Kier alpha value is -3.35. The number of piperidine rings is 1. The molecule has 2 heterocycles. The van der Waals surface area contributed by atoms with E-state index in [2.05, 4.69) is 10.2 Å². The van der Waals surface area contributed by atoms with Crippen LogP contribution in [0.3, 0.4) is 0 Å². The van der Waals surface area contributed by atoms with Gasteiger partial charge in [-0.15, -0.1) is 0 Å². The molecule has 0 unspecified atom stereocenters. The number of nitrogens with zero attached hydrogens (tertiary/aromatic N) is 2. The lowest BCUT2D eigenvalue weighted by molar-refractivity contribution is -0.129. The second kappa shape index (κ2) is 11.1. The number of carbonyl (C=O) groups excluding carboxylic acids is 2. The molecular formula is C29H30ClN3O3. The molecule has 0 aromatic heterocycles. The van der Waals surface area contributed by atoms with Crippen molar-refractivity contribution in [1.29, 1.82) is 0 Å². The molecule has 36 heavy (non-hydrogen) atoms. The van der Waals surface area contributed by atoms with Crippen LogP contribution in [0.2, 0.25) is 5.02 Å². The molecule has 7 heteroatoms. The average Bonchev–Trinajstić information content (AvgIpc) is 2.92. The lowest BCUT2D eigenvalue weighted by Crippen LogP contribution is -2.53. The van der Waals surface area contributed by atoms with E-state index in [1.807, 2.05) is 78.9 Å². The maximum Gasteiger partial charge on any atom is 0.263 e. The summed E-state index contributed by atoms with van der Waals surface area (Å²) in [5.74, 6) is 0.252. The molecule has 1 saturated heterocycles. The summed E-state index contributed by atoms with van der Waals surface area (Å²) in [6, 6.07) is 25.1. The van der Waals surface area contributed by atoms with Crippen molar-refractivity contribution in [3.05, 3.63) is 95.0 Å². The SMILES string of the molecule is O=C(NCc1ccccc1)[C@H]1CN(C(=O)[C@H]2CCCN(Cc3ccc(Cl)cc3)C2)c2ccccc2O1. The van der Waals surface area contributed by atoms with E-state index in [4.69, 9.17) is 16.3 Å². The van der Waals surface area contributed by atoms with Crippen LogP contribution in [-0.2, 0) is 22.7 Å². The molecule has 0 saturated carbocycles. The van der Waals surface area contributed by atoms with Crippen molar-refractivity contribution in [2.24, 2.45) is 5.92 Å². The summed E-state index contributed by atoms with van der Waals surface area (Å²) in [5, 5.41) is 3.68. The van der Waals surface area contributed by atoms with Crippen molar-refractivity contribution < 1.29 is 14.3 Å². The highest BCUT2D eigenvalue weighted by Crippen LogP contribution is 2.35. The highest BCUT2D eigenvalue weighted by Gasteiger charge is 2.37. The first-order valence-corrected chi connectivity index (χ1v) is 12.8. The van der Waals surface area contributed by atoms with Gasteiger partial charge in [-0.05, 0) is 54.8 Å². The summed E-state index contributed by atoms with van der Waals surface area (Å²) in [6.45, 7) is 3.04. The number of ether oxygens (including phenoxy) is 1. The highest BCUT2D eigenvalue weighted by atomic mass is 35.5. The molecule has 2 aliphatic rings. The van der Waals surface area contributed by atoms with Crippen LogP contribution >= 0.6 is 11.6 Å². The van der Waals surface area contributed by atoms with Crippen LogP contribution < -0.4 is 15.0 Å². The highest BCUT2D eigenvalue weighted by molar-refractivity contribution is 6.30. The molecule has 3 aromatic rings. The minimum absolute atomic E-state index is 0.0485. The molecule has 3 aromatic carbocycles. The molecule has 0 radical (unpaired) electrons. The van der Waals surface area contributed by atoms with E-state index < -0.39 is 6.10 Å². The Kier molecular flexibility index (Phi) is 7.54. The zero-order valence-corrected chi connectivity index (χ0v) is 20.9. The van der Waals surface area contributed by atoms with Gasteiger partial charge in [-0.25, -0.2) is 0 Å². The van der Waals surface area contributed by atoms with Crippen LogP contribution in [0.4, 0.5) is 5.69 Å². The fourth-order valence-electron chi connectivity index (χ4n) is 4.95. The first kappa shape index (κ1) is 24.3. The zero-order valence-electron chi connectivity index (χ0n) is 20.1. The Morgan fingerprint density at radius 1 is 0.917 bits per heavy atom. The van der Waals surface area contributed by atoms with Crippen molar-refractivity contribution in [2.75, 3.05) is 24.5 Å². The molecule has 1 N–H and O–H groups in total. The summed E-state index contributed by atoms with van der Waals surface area (Å²) in [6.07, 6.45) is 1.03. The van der Waals surface area contributed by atoms with Crippen molar-refractivity contribution in [3.8, 4) is 5.75 Å². The minimum atomic E-state index is -0.763. The van der Waals surface area contributed by atoms with Gasteiger partial charge in [0.25, 0.3) is 5.91 Å². The Bertz CT molecular complexity index is 1200. The number of amides is 2. The number of carbonyl (C=O) groups is 2. The van der Waals surface area contributed by atoms with Crippen LogP contribution in [0.1, 0.15) is 24.0 Å². The van der Waals surface area contributed by atoms with Gasteiger partial charge in [0.2, 0.25) is 5.91 Å². The summed E-state index contributed by atoms with van der Waals surface area (Å²) in [4.78, 5) is 30.9. The molecule has 0 spiro atoms. The van der Waals surface area contributed by atoms with E-state index in [-0.39, 0.29) is 24.3 Å². The number of halogens is 1. The van der Waals surface area contributed by atoms with Gasteiger partial charge in [0.05, 0.1) is 18.2 Å². The quantitative estimate of drug-likeness (QED) is 0.531. The zero-order chi connectivity index (χ0) is 24.9. The van der Waals surface area contributed by atoms with Crippen molar-refractivity contribution in [1.82, 2.24) is 10.2 Å². The van der Waals surface area contributed by atoms with E-state index in [9.17, 15) is 9.59 Å². The first-order chi connectivity index (χ1) is 17.6. The monoisotopic (exact) mass is 503 g/mol. The molecular weight excluding hydrogens is 474 g/mol. The third kappa shape index (κ3) is 5.72. The molecule has 0 aliphatic carbocycles. The van der Waals surface area contributed by atoms with E-state index >= 15 is 0 Å². The third-order valence-electron chi connectivity index (χ3n) is 6.82. The number of fused-ring (bicyclic) bond motifs is 1. The number of likely N-dealkylation sites (tertiary alicyclic amines) is 1. The Balaban J connectivity index is 1.27. The molecule has 186 valence electrons. The normalized spacial score (nSPS) is 19.8. The third-order valence-corrected chi connectivity index (χ3v) is 7.07. The number of hydrogen-bond donors (Lipinski definition) is 1. The number of anilines is 1. The molecule has 2 atom stereocenters. The van der Waals surface area contributed by atoms with Crippen LogP contribution in [0.15, 0.2) is 78.9 Å². The molecule has 0 bridgehead atoms. The smallest absolute Gasteiger partial charge is 0.263 e. The molecule has 2 amide bonds. The van der Waals surface area contributed by atoms with E-state index in [1.165, 1.54) is 5.56 Å². The largest absolute Gasteiger partial charge is 0.477 e. The fourth-order valence-corrected chi connectivity index (χ4v) is 5.07. The van der Waals surface area contributed by atoms with Crippen molar-refractivity contribution in [3.63, 3.8) is 0 Å². The summed E-state index contributed by atoms with van der Waals surface area (Å²) in [5.41, 5.74) is 2.92. The molecule has 6 nitrogen and oxygen atoms in total. The van der Waals surface area contributed by atoms with Crippen LogP contribution in [0.5, 0.6) is 5.75 Å². The Morgan fingerprint density at radius 2 is 1.67 bits per heavy atom. The number of hydrogen-bond acceptors (Lipinski definition) is 4. The van der Waals surface area contributed by atoms with Gasteiger partial charge in [-0.1, -0.05) is 66.2 Å². The second-order valence-corrected chi connectivity index (χ2v) is 9.86. The van der Waals surface area contributed by atoms with Crippen molar-refractivity contribution >= 4 is 29.1 Å². The summed E-state index contributed by atoms with van der Waals surface area (Å²) >= 11 is 6.03. The minimum Gasteiger partial charge on any atom is -0.477 e. The average molecular weight is 504 g/mol. The number of nitrogens with one attached hydrogen (secondary N) is 1. The van der Waals surface area contributed by atoms with Gasteiger partial charge in [-0.3, -0.25) is 14.5 Å². The predicted octanol–water partition coefficient (Wildman–Crippen LogP) is 4.66. The Labute approximate surface area is 216 Å². The molecule has 2 aliphatic heterocycles. The van der Waals surface area contributed by atoms with E-state index in [1.54, 1.807) is 4.90 Å². The van der Waals surface area contributed by atoms with Crippen LogP contribution in [0.25, 0.3) is 0 Å². The summed E-state index contributed by atoms with van der Waals surface area (Å²) in [7, 11) is 0. The summed E-state index contributed by atoms with van der Waals surface area (Å²) < 4.78 is 6.03. The maximum atomic E-state index is 13.8. The van der Waals surface area contributed by atoms with E-state index in [0.29, 0.717) is 18.8 Å². The van der Waals surface area contributed by atoms with Gasteiger partial charge >= 0.3 is 0 Å². The Morgan fingerprint density at radius 3 is 2.47 bits per heavy atom. The number of benzene rings is 3. The van der Waals surface area contributed by atoms with Gasteiger partial charge in [0.1, 0.15) is 5.75 Å². The van der Waals surface area contributed by atoms with Gasteiger partial charge in [0, 0.05) is 24.7 Å². The first-order valence-electron chi connectivity index (χ1n) is 12.4. The van der Waals surface area contributed by atoms with Crippen LogP contribution in [0, 0.1) is 5.92 Å². The van der Waals surface area contributed by atoms with Gasteiger partial charge in [-0.2, -0.15) is 0 Å². The van der Waals surface area contributed by atoms with Gasteiger partial charge in [0.15, 0.2) is 6.10 Å². The molecule has 1 fully saturated rings. The topological polar surface area (TPSA) is 61.9 Å². The predicted molar refractivity (Wildman–Crippen MR) is 141 cm³/mol. The van der Waals surface area contributed by atoms with Crippen molar-refractivity contribution in [2.45, 2.75) is 32.0 Å². The number of para-hydroxylation sites is 2. The number of rotatable bonds is 6. The lowest BCUT2D eigenvalue weighted by atomic mass is 9.95. The second-order valence-electron chi connectivity index (χ2n) is 9.43. The maximum absolute atomic E-state index is 13.8. The van der Waals surface area contributed by atoms with Crippen LogP contribution in [-0.4, -0.2) is 42.5 Å².